The normalized spacial score (nSPS) is 21.3. The van der Waals surface area contributed by atoms with E-state index >= 15 is 0 Å². The molecule has 4 aliphatic heterocycles. The Hall–Kier alpha value is -4.40. The third kappa shape index (κ3) is 6.87. The fourth-order valence-electron chi connectivity index (χ4n) is 4.92. The van der Waals surface area contributed by atoms with Crippen LogP contribution >= 0.6 is 0 Å². The molecule has 4 unspecified atom stereocenters. The first kappa shape index (κ1) is 29.7. The van der Waals surface area contributed by atoms with E-state index in [-0.39, 0.29) is 24.7 Å². The van der Waals surface area contributed by atoms with Gasteiger partial charge in [0, 0.05) is 11.1 Å². The lowest BCUT2D eigenvalue weighted by molar-refractivity contribution is 0.256. The van der Waals surface area contributed by atoms with Gasteiger partial charge < -0.3 is 39.1 Å². The smallest absolute Gasteiger partial charge is 0.196 e. The van der Waals surface area contributed by atoms with Crippen LogP contribution in [-0.2, 0) is 9.47 Å². The summed E-state index contributed by atoms with van der Waals surface area (Å²) in [5, 5.41) is 6.92. The van der Waals surface area contributed by atoms with Crippen LogP contribution in [0.5, 0.6) is 23.0 Å². The lowest BCUT2D eigenvalue weighted by atomic mass is 10.0. The minimum Gasteiger partial charge on any atom is -0.491 e. The van der Waals surface area contributed by atoms with Crippen molar-refractivity contribution >= 4 is 11.4 Å². The van der Waals surface area contributed by atoms with E-state index in [2.05, 4.69) is 47.0 Å². The maximum absolute atomic E-state index is 6.28. The van der Waals surface area contributed by atoms with E-state index in [1.165, 1.54) is 0 Å². The Balaban J connectivity index is 0.000000826. The third-order valence-corrected chi connectivity index (χ3v) is 7.40. The lowest BCUT2D eigenvalue weighted by Gasteiger charge is -2.12. The molecule has 2 N–H and O–H groups in total. The van der Waals surface area contributed by atoms with Gasteiger partial charge in [0.15, 0.2) is 12.5 Å². The zero-order chi connectivity index (χ0) is 30.5. The van der Waals surface area contributed by atoms with Gasteiger partial charge in [-0.15, -0.1) is 0 Å². The monoisotopic (exact) mass is 596 g/mol. The first-order valence-electron chi connectivity index (χ1n) is 15.6. The van der Waals surface area contributed by atoms with Gasteiger partial charge in [-0.2, -0.15) is 0 Å². The van der Waals surface area contributed by atoms with E-state index in [4.69, 9.17) is 28.4 Å². The standard InChI is InChI=1S/C32H28N2O6.2C2H6/c1-7-23(35-15-25-17-37-25)8-2-19(1)31-33-27-11-5-21(13-29(27)39-31)22-6-12-28-30(14-22)40-32(34-28)20-3-9-24(10-4-20)36-16-26-18-38-26;2*1-2/h1-14,25-26,31-34H,15-18H2;2*1-2H3. The fraction of sp³-hybridized carbons (Fsp3) is 0.333. The van der Waals surface area contributed by atoms with E-state index in [9.17, 15) is 0 Å². The van der Waals surface area contributed by atoms with E-state index < -0.39 is 0 Å². The van der Waals surface area contributed by atoms with Crippen LogP contribution in [0, 0.1) is 0 Å². The number of ether oxygens (including phenoxy) is 6. The van der Waals surface area contributed by atoms with Crippen molar-refractivity contribution in [3.63, 3.8) is 0 Å². The molecule has 230 valence electrons. The van der Waals surface area contributed by atoms with Crippen molar-refractivity contribution in [2.45, 2.75) is 52.4 Å². The summed E-state index contributed by atoms with van der Waals surface area (Å²) < 4.78 is 34.5. The van der Waals surface area contributed by atoms with Gasteiger partial charge in [0.05, 0.1) is 24.6 Å². The van der Waals surface area contributed by atoms with Crippen LogP contribution in [0.1, 0.15) is 51.3 Å². The molecule has 4 aromatic carbocycles. The van der Waals surface area contributed by atoms with Crippen LogP contribution in [0.2, 0.25) is 0 Å². The number of fused-ring (bicyclic) bond motifs is 2. The molecule has 4 aromatic rings. The number of nitrogens with one attached hydrogen (secondary N) is 2. The molecule has 0 spiro atoms. The third-order valence-electron chi connectivity index (χ3n) is 7.40. The molecule has 8 nitrogen and oxygen atoms in total. The predicted molar refractivity (Wildman–Crippen MR) is 172 cm³/mol. The van der Waals surface area contributed by atoms with Gasteiger partial charge in [-0.25, -0.2) is 0 Å². The minimum absolute atomic E-state index is 0.239. The zero-order valence-corrected chi connectivity index (χ0v) is 25.7. The Morgan fingerprint density at radius 2 is 0.955 bits per heavy atom. The van der Waals surface area contributed by atoms with Crippen molar-refractivity contribution in [1.29, 1.82) is 0 Å². The quantitative estimate of drug-likeness (QED) is 0.188. The molecule has 0 saturated carbocycles. The van der Waals surface area contributed by atoms with Crippen molar-refractivity contribution < 1.29 is 28.4 Å². The Bertz CT molecular complexity index is 1420. The molecule has 2 fully saturated rings. The lowest BCUT2D eigenvalue weighted by Crippen LogP contribution is -2.10. The molecule has 0 aromatic heterocycles. The van der Waals surface area contributed by atoms with Crippen molar-refractivity contribution in [3.8, 4) is 34.1 Å². The Labute approximate surface area is 259 Å². The molecule has 0 amide bonds. The van der Waals surface area contributed by atoms with Gasteiger partial charge in [-0.3, -0.25) is 0 Å². The maximum atomic E-state index is 6.28. The largest absolute Gasteiger partial charge is 0.491 e. The molecule has 4 heterocycles. The van der Waals surface area contributed by atoms with E-state index in [1.807, 2.05) is 76.2 Å². The van der Waals surface area contributed by atoms with Crippen molar-refractivity contribution in [2.75, 3.05) is 37.1 Å². The molecule has 2 saturated heterocycles. The second-order valence-electron chi connectivity index (χ2n) is 10.4. The Morgan fingerprint density at radius 1 is 0.568 bits per heavy atom. The molecule has 8 heteroatoms. The van der Waals surface area contributed by atoms with Crippen LogP contribution in [0.4, 0.5) is 11.4 Å². The maximum Gasteiger partial charge on any atom is 0.196 e. The summed E-state index contributed by atoms with van der Waals surface area (Å²) in [7, 11) is 0. The van der Waals surface area contributed by atoms with Gasteiger partial charge in [-0.1, -0.05) is 39.8 Å². The second-order valence-corrected chi connectivity index (χ2v) is 10.4. The summed E-state index contributed by atoms with van der Waals surface area (Å²) in [6.45, 7) is 10.8. The van der Waals surface area contributed by atoms with E-state index in [0.717, 1.165) is 69.8 Å². The van der Waals surface area contributed by atoms with Crippen LogP contribution in [0.15, 0.2) is 84.9 Å². The van der Waals surface area contributed by atoms with Gasteiger partial charge >= 0.3 is 0 Å². The van der Waals surface area contributed by atoms with Crippen LogP contribution in [0.25, 0.3) is 11.1 Å². The number of epoxide rings is 2. The van der Waals surface area contributed by atoms with Gasteiger partial charge in [-0.05, 0) is 83.9 Å². The first-order valence-corrected chi connectivity index (χ1v) is 15.6. The van der Waals surface area contributed by atoms with E-state index in [1.54, 1.807) is 0 Å². The molecule has 0 radical (unpaired) electrons. The number of hydrogen-bond acceptors (Lipinski definition) is 8. The minimum atomic E-state index is -0.252. The first-order chi connectivity index (χ1) is 21.7. The van der Waals surface area contributed by atoms with Crippen LogP contribution < -0.4 is 29.6 Å². The Morgan fingerprint density at radius 3 is 1.32 bits per heavy atom. The highest BCUT2D eigenvalue weighted by atomic mass is 16.6. The highest BCUT2D eigenvalue weighted by Gasteiger charge is 2.27. The molecular formula is C36H40N2O6. The molecular weight excluding hydrogens is 556 g/mol. The SMILES string of the molecule is CC.CC.c1cc(C2Nc3ccc(-c4ccc5c(c4)OC(c4ccc(OCC6CO6)cc4)N5)cc3O2)ccc1OCC1CO1. The molecule has 4 atom stereocenters. The molecule has 0 aliphatic carbocycles. The molecule has 4 aliphatic rings. The molecule has 8 rings (SSSR count). The average molecular weight is 597 g/mol. The highest BCUT2D eigenvalue weighted by Crippen LogP contribution is 2.44. The molecule has 44 heavy (non-hydrogen) atoms. The topological polar surface area (TPSA) is 86.0 Å². The highest BCUT2D eigenvalue weighted by molar-refractivity contribution is 5.76. The summed E-state index contributed by atoms with van der Waals surface area (Å²) in [4.78, 5) is 0. The average Bonchev–Trinajstić information content (AvgIpc) is 4.02. The van der Waals surface area contributed by atoms with Crippen molar-refractivity contribution in [3.05, 3.63) is 96.1 Å². The van der Waals surface area contributed by atoms with Crippen molar-refractivity contribution in [2.24, 2.45) is 0 Å². The van der Waals surface area contributed by atoms with Crippen LogP contribution in [-0.4, -0.2) is 38.6 Å². The fourth-order valence-corrected chi connectivity index (χ4v) is 4.92. The molecule has 0 bridgehead atoms. The van der Waals surface area contributed by atoms with Crippen molar-refractivity contribution in [1.82, 2.24) is 0 Å². The Kier molecular flexibility index (Phi) is 9.09. The summed E-state index contributed by atoms with van der Waals surface area (Å²) in [5.74, 6) is 3.31. The van der Waals surface area contributed by atoms with Gasteiger partial charge in [0.1, 0.15) is 48.4 Å². The number of rotatable bonds is 9. The predicted octanol–water partition coefficient (Wildman–Crippen LogP) is 7.97. The number of anilines is 2. The summed E-state index contributed by atoms with van der Waals surface area (Å²) in [6.07, 6.45) is -0.0244. The summed E-state index contributed by atoms with van der Waals surface area (Å²) in [5.41, 5.74) is 6.12. The summed E-state index contributed by atoms with van der Waals surface area (Å²) in [6, 6.07) is 28.4. The van der Waals surface area contributed by atoms with Gasteiger partial charge in [0.25, 0.3) is 0 Å². The number of benzene rings is 4. The second kappa shape index (κ2) is 13.5. The summed E-state index contributed by atoms with van der Waals surface area (Å²) >= 11 is 0. The van der Waals surface area contributed by atoms with Gasteiger partial charge in [0.2, 0.25) is 0 Å². The van der Waals surface area contributed by atoms with E-state index in [0.29, 0.717) is 13.2 Å². The zero-order valence-electron chi connectivity index (χ0n) is 25.7. The number of hydrogen-bond donors (Lipinski definition) is 2. The van der Waals surface area contributed by atoms with Crippen LogP contribution in [0.3, 0.4) is 0 Å².